The molecule has 0 heterocycles. The Morgan fingerprint density at radius 1 is 1.15 bits per heavy atom. The highest BCUT2D eigenvalue weighted by Crippen LogP contribution is 2.59. The molecular formula is C11H15FO. The van der Waals surface area contributed by atoms with Crippen LogP contribution in [-0.4, -0.2) is 12.0 Å². The number of halogens is 1. The predicted molar refractivity (Wildman–Crippen MR) is 46.9 cm³/mol. The van der Waals surface area contributed by atoms with E-state index >= 15 is 0 Å². The van der Waals surface area contributed by atoms with Crippen LogP contribution in [0.1, 0.15) is 32.1 Å². The summed E-state index contributed by atoms with van der Waals surface area (Å²) in [4.78, 5) is 10.9. The molecule has 4 aliphatic carbocycles. The van der Waals surface area contributed by atoms with Crippen LogP contribution < -0.4 is 0 Å². The summed E-state index contributed by atoms with van der Waals surface area (Å²) in [5, 5.41) is 0. The first-order valence-corrected chi connectivity index (χ1v) is 5.34. The first kappa shape index (κ1) is 7.95. The van der Waals surface area contributed by atoms with Crippen molar-refractivity contribution in [2.45, 2.75) is 37.8 Å². The van der Waals surface area contributed by atoms with Crippen molar-refractivity contribution in [1.29, 1.82) is 0 Å². The highest BCUT2D eigenvalue weighted by atomic mass is 19.1. The number of carbonyl (C=O) groups is 1. The zero-order chi connectivity index (χ0) is 9.05. The average Bonchev–Trinajstić information content (AvgIpc) is 2.00. The fourth-order valence-electron chi connectivity index (χ4n) is 4.19. The van der Waals surface area contributed by atoms with Crippen LogP contribution in [0.15, 0.2) is 0 Å². The van der Waals surface area contributed by atoms with Crippen molar-refractivity contribution in [2.24, 2.45) is 23.7 Å². The molecule has 4 fully saturated rings. The smallest absolute Gasteiger partial charge is 0.123 e. The fraction of sp³-hybridized carbons (Fsp3) is 0.909. The van der Waals surface area contributed by atoms with Gasteiger partial charge in [-0.1, -0.05) is 0 Å². The molecule has 4 rings (SSSR count). The Balaban J connectivity index is 1.94. The third-order valence-corrected chi connectivity index (χ3v) is 4.43. The van der Waals surface area contributed by atoms with E-state index in [1.54, 1.807) is 0 Å². The quantitative estimate of drug-likeness (QED) is 0.569. The van der Waals surface area contributed by atoms with Gasteiger partial charge >= 0.3 is 0 Å². The second-order valence-electron chi connectivity index (χ2n) is 5.33. The minimum absolute atomic E-state index is 0.195. The monoisotopic (exact) mass is 182 g/mol. The van der Waals surface area contributed by atoms with E-state index in [1.807, 2.05) is 0 Å². The molecule has 0 radical (unpaired) electrons. The largest absolute Gasteiger partial charge is 0.303 e. The lowest BCUT2D eigenvalue weighted by Gasteiger charge is -2.55. The van der Waals surface area contributed by atoms with Crippen molar-refractivity contribution in [1.82, 2.24) is 0 Å². The number of hydrogen-bond donors (Lipinski definition) is 0. The maximum atomic E-state index is 14.1. The van der Waals surface area contributed by atoms with Crippen LogP contribution in [-0.2, 0) is 4.79 Å². The van der Waals surface area contributed by atoms with Crippen LogP contribution in [0, 0.1) is 23.7 Å². The average molecular weight is 182 g/mol. The van der Waals surface area contributed by atoms with Gasteiger partial charge in [0.2, 0.25) is 0 Å². The van der Waals surface area contributed by atoms with Crippen molar-refractivity contribution in [3.8, 4) is 0 Å². The van der Waals surface area contributed by atoms with E-state index in [0.717, 1.165) is 25.5 Å². The van der Waals surface area contributed by atoms with Gasteiger partial charge in [0.25, 0.3) is 0 Å². The summed E-state index contributed by atoms with van der Waals surface area (Å²) in [7, 11) is 0. The van der Waals surface area contributed by atoms with E-state index < -0.39 is 5.67 Å². The number of carbonyl (C=O) groups excluding carboxylic acids is 1. The molecule has 4 aliphatic rings. The zero-order valence-corrected chi connectivity index (χ0v) is 7.71. The van der Waals surface area contributed by atoms with Crippen molar-refractivity contribution >= 4 is 6.29 Å². The molecule has 4 bridgehead atoms. The summed E-state index contributed by atoms with van der Waals surface area (Å²) < 4.78 is 14.1. The summed E-state index contributed by atoms with van der Waals surface area (Å²) in [5.74, 6) is 1.56. The standard InChI is InChI=1S/C11H15FO/c12-11-3-7-1-8(4-11)10(6-13)9(2-7)5-11/h6-10H,1-5H2. The van der Waals surface area contributed by atoms with Gasteiger partial charge in [-0.05, 0) is 49.9 Å². The maximum absolute atomic E-state index is 14.1. The number of hydrogen-bond acceptors (Lipinski definition) is 1. The molecular weight excluding hydrogens is 167 g/mol. The van der Waals surface area contributed by atoms with E-state index in [-0.39, 0.29) is 5.92 Å². The van der Waals surface area contributed by atoms with Crippen molar-refractivity contribution in [2.75, 3.05) is 0 Å². The lowest BCUT2D eigenvalue weighted by atomic mass is 9.51. The fourth-order valence-corrected chi connectivity index (χ4v) is 4.19. The molecule has 0 spiro atoms. The summed E-state index contributed by atoms with van der Waals surface area (Å²) in [6, 6.07) is 0. The minimum Gasteiger partial charge on any atom is -0.303 e. The molecule has 0 aromatic heterocycles. The van der Waals surface area contributed by atoms with Crippen LogP contribution in [0.3, 0.4) is 0 Å². The highest BCUT2D eigenvalue weighted by molar-refractivity contribution is 5.55. The topological polar surface area (TPSA) is 17.1 Å². The molecule has 13 heavy (non-hydrogen) atoms. The molecule has 0 aromatic carbocycles. The van der Waals surface area contributed by atoms with Gasteiger partial charge in [0.05, 0.1) is 0 Å². The Morgan fingerprint density at radius 3 is 2.23 bits per heavy atom. The second kappa shape index (κ2) is 2.34. The van der Waals surface area contributed by atoms with Gasteiger partial charge in [0.1, 0.15) is 12.0 Å². The molecule has 2 unspecified atom stereocenters. The molecule has 0 aromatic rings. The molecule has 4 saturated carbocycles. The van der Waals surface area contributed by atoms with Gasteiger partial charge < -0.3 is 4.79 Å². The third-order valence-electron chi connectivity index (χ3n) is 4.43. The van der Waals surface area contributed by atoms with E-state index in [1.165, 1.54) is 0 Å². The predicted octanol–water partition coefficient (Wildman–Crippen LogP) is 2.35. The molecule has 1 nitrogen and oxygen atoms in total. The number of rotatable bonds is 1. The zero-order valence-electron chi connectivity index (χ0n) is 7.71. The van der Waals surface area contributed by atoms with Crippen LogP contribution in [0.4, 0.5) is 4.39 Å². The van der Waals surface area contributed by atoms with Gasteiger partial charge in [-0.2, -0.15) is 0 Å². The first-order chi connectivity index (χ1) is 6.20. The number of alkyl halides is 1. The van der Waals surface area contributed by atoms with Gasteiger partial charge in [-0.25, -0.2) is 4.39 Å². The molecule has 72 valence electrons. The highest BCUT2D eigenvalue weighted by Gasteiger charge is 2.55. The Bertz CT molecular complexity index is 234. The Kier molecular flexibility index (Phi) is 1.43. The van der Waals surface area contributed by atoms with Gasteiger partial charge in [0.15, 0.2) is 0 Å². The van der Waals surface area contributed by atoms with Crippen LogP contribution in [0.2, 0.25) is 0 Å². The molecule has 2 heteroatoms. The lowest BCUT2D eigenvalue weighted by molar-refractivity contribution is -0.135. The summed E-state index contributed by atoms with van der Waals surface area (Å²) >= 11 is 0. The van der Waals surface area contributed by atoms with E-state index in [4.69, 9.17) is 0 Å². The van der Waals surface area contributed by atoms with Crippen molar-refractivity contribution in [3.05, 3.63) is 0 Å². The van der Waals surface area contributed by atoms with Crippen LogP contribution in [0.25, 0.3) is 0 Å². The first-order valence-electron chi connectivity index (χ1n) is 5.34. The van der Waals surface area contributed by atoms with E-state index in [9.17, 15) is 9.18 Å². The SMILES string of the molecule is O=CC1C2CC3CC1CC(F)(C3)C2. The maximum Gasteiger partial charge on any atom is 0.123 e. The summed E-state index contributed by atoms with van der Waals surface area (Å²) in [5.41, 5.74) is -0.879. The molecule has 0 amide bonds. The Hall–Kier alpha value is -0.400. The molecule has 0 saturated heterocycles. The van der Waals surface area contributed by atoms with Crippen molar-refractivity contribution < 1.29 is 9.18 Å². The van der Waals surface area contributed by atoms with Gasteiger partial charge in [0, 0.05) is 5.92 Å². The summed E-state index contributed by atoms with van der Waals surface area (Å²) in [6.07, 6.45) is 5.45. The van der Waals surface area contributed by atoms with Crippen LogP contribution in [0.5, 0.6) is 0 Å². The minimum atomic E-state index is -0.879. The lowest BCUT2D eigenvalue weighted by Crippen LogP contribution is -2.52. The van der Waals surface area contributed by atoms with E-state index in [0.29, 0.717) is 30.6 Å². The van der Waals surface area contributed by atoms with E-state index in [2.05, 4.69) is 0 Å². The van der Waals surface area contributed by atoms with Crippen molar-refractivity contribution in [3.63, 3.8) is 0 Å². The number of aldehydes is 1. The molecule has 0 aliphatic heterocycles. The molecule has 0 N–H and O–H groups in total. The van der Waals surface area contributed by atoms with Gasteiger partial charge in [-0.15, -0.1) is 0 Å². The van der Waals surface area contributed by atoms with Gasteiger partial charge in [-0.3, -0.25) is 0 Å². The third kappa shape index (κ3) is 1.01. The normalized spacial score (nSPS) is 58.2. The Morgan fingerprint density at radius 2 is 1.77 bits per heavy atom. The molecule has 2 atom stereocenters. The Labute approximate surface area is 77.7 Å². The van der Waals surface area contributed by atoms with Crippen LogP contribution >= 0.6 is 0 Å². The second-order valence-corrected chi connectivity index (χ2v) is 5.33. The summed E-state index contributed by atoms with van der Waals surface area (Å²) in [6.45, 7) is 0.